The molecule has 1 aliphatic rings. The number of hydrogen-bond donors (Lipinski definition) is 1. The number of amides is 2. The average molecular weight is 499 g/mol. The van der Waals surface area contributed by atoms with Gasteiger partial charge >= 0.3 is 0 Å². The fraction of sp³-hybridized carbons (Fsp3) is 0.440. The first kappa shape index (κ1) is 25.0. The zero-order valence-electron chi connectivity index (χ0n) is 19.9. The zero-order valence-corrected chi connectivity index (χ0v) is 20.7. The average Bonchev–Trinajstić information content (AvgIpc) is 3.55. The van der Waals surface area contributed by atoms with Crippen LogP contribution in [0.15, 0.2) is 49.2 Å². The van der Waals surface area contributed by atoms with Crippen LogP contribution in [0.2, 0.25) is 0 Å². The van der Waals surface area contributed by atoms with Gasteiger partial charge in [0.05, 0.1) is 25.6 Å². The number of nitrogens with one attached hydrogen (secondary N) is 1. The van der Waals surface area contributed by atoms with Crippen molar-refractivity contribution in [2.24, 2.45) is 5.92 Å². The molecule has 1 fully saturated rings. The summed E-state index contributed by atoms with van der Waals surface area (Å²) in [6.45, 7) is 5.87. The molecule has 0 atom stereocenters. The number of piperidine rings is 1. The molecule has 0 bridgehead atoms. The van der Waals surface area contributed by atoms with Crippen LogP contribution in [0.1, 0.15) is 41.4 Å². The molecule has 0 unspecified atom stereocenters. The maximum Gasteiger partial charge on any atom is 0.263 e. The summed E-state index contributed by atoms with van der Waals surface area (Å²) >= 11 is 1.19. The summed E-state index contributed by atoms with van der Waals surface area (Å²) in [6, 6.07) is 6.10. The molecule has 0 saturated carbocycles. The molecule has 4 rings (SSSR count). The third-order valence-electron chi connectivity index (χ3n) is 6.18. The van der Waals surface area contributed by atoms with Gasteiger partial charge in [0.1, 0.15) is 10.7 Å². The van der Waals surface area contributed by atoms with Gasteiger partial charge in [0.15, 0.2) is 5.13 Å². The number of imidazole rings is 1. The van der Waals surface area contributed by atoms with Crippen molar-refractivity contribution >= 4 is 28.3 Å². The lowest BCUT2D eigenvalue weighted by molar-refractivity contribution is -0.120. The smallest absolute Gasteiger partial charge is 0.263 e. The lowest BCUT2D eigenvalue weighted by Gasteiger charge is -2.31. The van der Waals surface area contributed by atoms with Gasteiger partial charge < -0.3 is 9.88 Å². The predicted molar refractivity (Wildman–Crippen MR) is 134 cm³/mol. The van der Waals surface area contributed by atoms with Crippen LogP contribution in [0.5, 0.6) is 0 Å². The summed E-state index contributed by atoms with van der Waals surface area (Å²) in [5.74, 6) is 0.0658. The van der Waals surface area contributed by atoms with E-state index in [1.54, 1.807) is 29.6 Å². The topological polar surface area (TPSA) is 83.4 Å². The number of aryl methyl sites for hydroxylation is 1. The second kappa shape index (κ2) is 12.0. The fourth-order valence-electron chi connectivity index (χ4n) is 4.00. The van der Waals surface area contributed by atoms with E-state index in [2.05, 4.69) is 27.1 Å². The molecule has 3 heterocycles. The molecule has 2 amide bonds. The van der Waals surface area contributed by atoms with Crippen molar-refractivity contribution in [3.05, 3.63) is 65.4 Å². The van der Waals surface area contributed by atoms with Crippen LogP contribution < -0.4 is 10.2 Å². The van der Waals surface area contributed by atoms with Gasteiger partial charge in [-0.15, -0.1) is 0 Å². The Morgan fingerprint density at radius 2 is 2.00 bits per heavy atom. The van der Waals surface area contributed by atoms with Crippen molar-refractivity contribution in [2.75, 3.05) is 31.1 Å². The Labute approximate surface area is 208 Å². The number of likely N-dealkylation sites (tertiary alicyclic amines) is 1. The third-order valence-corrected chi connectivity index (χ3v) is 7.20. The van der Waals surface area contributed by atoms with E-state index >= 15 is 0 Å². The first-order valence-corrected chi connectivity index (χ1v) is 12.8. The first-order chi connectivity index (χ1) is 17.0. The number of rotatable bonds is 10. The molecule has 0 radical (unpaired) electrons. The van der Waals surface area contributed by atoms with Gasteiger partial charge in [0.2, 0.25) is 5.91 Å². The van der Waals surface area contributed by atoms with E-state index in [9.17, 15) is 14.0 Å². The summed E-state index contributed by atoms with van der Waals surface area (Å²) in [6.07, 6.45) is 9.79. The number of anilines is 1. The molecule has 186 valence electrons. The zero-order chi connectivity index (χ0) is 24.6. The number of nitrogens with zero attached hydrogens (tertiary/aromatic N) is 5. The first-order valence-electron chi connectivity index (χ1n) is 11.9. The van der Waals surface area contributed by atoms with Crippen molar-refractivity contribution in [1.82, 2.24) is 24.8 Å². The van der Waals surface area contributed by atoms with Crippen LogP contribution in [0.4, 0.5) is 9.52 Å². The lowest BCUT2D eigenvalue weighted by Crippen LogP contribution is -2.43. The monoisotopic (exact) mass is 498 g/mol. The molecular formula is C25H31FN6O2S. The van der Waals surface area contributed by atoms with Crippen molar-refractivity contribution in [3.63, 3.8) is 0 Å². The van der Waals surface area contributed by atoms with E-state index in [1.807, 2.05) is 10.8 Å². The number of carbonyl (C=O) groups excluding carboxylic acids is 2. The van der Waals surface area contributed by atoms with Crippen LogP contribution in [-0.4, -0.2) is 57.4 Å². The van der Waals surface area contributed by atoms with Gasteiger partial charge in [0, 0.05) is 25.5 Å². The Hall–Kier alpha value is -3.11. The molecule has 1 aliphatic heterocycles. The maximum absolute atomic E-state index is 13.4. The number of benzene rings is 1. The number of hydrogen-bond acceptors (Lipinski definition) is 6. The summed E-state index contributed by atoms with van der Waals surface area (Å²) in [7, 11) is 0. The maximum atomic E-state index is 13.4. The molecule has 10 heteroatoms. The molecule has 1 saturated heterocycles. The standard InChI is InChI=1S/C25H31FN6O2S/c1-19-7-12-30(13-8-19)17-23(33)32(16-20-3-5-21(26)6-4-20)25-29-15-22(35-25)24(34)28-9-2-11-31-14-10-27-18-31/h3-6,10,14-15,18-19H,2,7-9,11-13,16-17H2,1H3,(H,28,34). The van der Waals surface area contributed by atoms with E-state index in [4.69, 9.17) is 0 Å². The highest BCUT2D eigenvalue weighted by Gasteiger charge is 2.25. The van der Waals surface area contributed by atoms with Crippen molar-refractivity contribution < 1.29 is 14.0 Å². The van der Waals surface area contributed by atoms with Crippen LogP contribution in [0.25, 0.3) is 0 Å². The number of halogens is 1. The third kappa shape index (κ3) is 7.19. The van der Waals surface area contributed by atoms with E-state index in [0.29, 0.717) is 29.0 Å². The van der Waals surface area contributed by atoms with E-state index < -0.39 is 0 Å². The molecule has 8 nitrogen and oxygen atoms in total. The van der Waals surface area contributed by atoms with Crippen molar-refractivity contribution in [3.8, 4) is 0 Å². The van der Waals surface area contributed by atoms with Crippen LogP contribution in [-0.2, 0) is 17.9 Å². The number of carbonyl (C=O) groups is 2. The minimum atomic E-state index is -0.324. The SMILES string of the molecule is CC1CCN(CC(=O)N(Cc2ccc(F)cc2)c2ncc(C(=O)NCCCn3ccnc3)s2)CC1. The minimum absolute atomic E-state index is 0.0782. The van der Waals surface area contributed by atoms with Gasteiger partial charge in [-0.25, -0.2) is 14.4 Å². The van der Waals surface area contributed by atoms with Crippen molar-refractivity contribution in [2.45, 2.75) is 39.3 Å². The van der Waals surface area contributed by atoms with Gasteiger partial charge in [-0.2, -0.15) is 0 Å². The number of aromatic nitrogens is 3. The van der Waals surface area contributed by atoms with E-state index in [1.165, 1.54) is 29.7 Å². The summed E-state index contributed by atoms with van der Waals surface area (Å²) in [5, 5.41) is 3.38. The highest BCUT2D eigenvalue weighted by atomic mass is 32.1. The Morgan fingerprint density at radius 1 is 1.23 bits per heavy atom. The normalized spacial score (nSPS) is 14.7. The predicted octanol–water partition coefficient (Wildman–Crippen LogP) is 3.56. The van der Waals surface area contributed by atoms with Gasteiger partial charge in [-0.3, -0.25) is 19.4 Å². The Bertz CT molecular complexity index is 1090. The Balaban J connectivity index is 1.40. The van der Waals surface area contributed by atoms with Crippen molar-refractivity contribution in [1.29, 1.82) is 0 Å². The molecule has 3 aromatic rings. The molecule has 0 aliphatic carbocycles. The van der Waals surface area contributed by atoms with Gasteiger partial charge in [0.25, 0.3) is 5.91 Å². The summed E-state index contributed by atoms with van der Waals surface area (Å²) in [4.78, 5) is 38.6. The highest BCUT2D eigenvalue weighted by molar-refractivity contribution is 7.17. The minimum Gasteiger partial charge on any atom is -0.351 e. The highest BCUT2D eigenvalue weighted by Crippen LogP contribution is 2.25. The molecule has 1 N–H and O–H groups in total. The molecule has 2 aromatic heterocycles. The largest absolute Gasteiger partial charge is 0.351 e. The summed E-state index contributed by atoms with van der Waals surface area (Å²) < 4.78 is 15.4. The molecule has 1 aromatic carbocycles. The Morgan fingerprint density at radius 3 is 2.71 bits per heavy atom. The quantitative estimate of drug-likeness (QED) is 0.432. The molecule has 0 spiro atoms. The number of thiazole rings is 1. The van der Waals surface area contributed by atoms with Gasteiger partial charge in [-0.1, -0.05) is 30.4 Å². The molecule has 35 heavy (non-hydrogen) atoms. The Kier molecular flexibility index (Phi) is 8.59. The molecular weight excluding hydrogens is 467 g/mol. The summed E-state index contributed by atoms with van der Waals surface area (Å²) in [5.41, 5.74) is 0.799. The van der Waals surface area contributed by atoms with Gasteiger partial charge in [-0.05, 0) is 56.0 Å². The van der Waals surface area contributed by atoms with E-state index in [-0.39, 0.29) is 24.2 Å². The second-order valence-electron chi connectivity index (χ2n) is 8.98. The van der Waals surface area contributed by atoms with Crippen LogP contribution in [0, 0.1) is 11.7 Å². The van der Waals surface area contributed by atoms with E-state index in [0.717, 1.165) is 44.5 Å². The fourth-order valence-corrected chi connectivity index (χ4v) is 4.84. The second-order valence-corrected chi connectivity index (χ2v) is 9.99. The lowest BCUT2D eigenvalue weighted by atomic mass is 9.99. The van der Waals surface area contributed by atoms with Crippen LogP contribution >= 0.6 is 11.3 Å². The van der Waals surface area contributed by atoms with Crippen LogP contribution in [0.3, 0.4) is 0 Å².